The van der Waals surface area contributed by atoms with Gasteiger partial charge in [-0.15, -0.1) is 0 Å². The number of rotatable bonds is 9. The van der Waals surface area contributed by atoms with Crippen molar-refractivity contribution in [2.24, 2.45) is 23.7 Å². The maximum Gasteiger partial charge on any atom is 0.254 e. The van der Waals surface area contributed by atoms with Crippen LogP contribution in [0.2, 0.25) is 0 Å². The largest absolute Gasteiger partial charge is 0.494 e. The second-order valence-corrected chi connectivity index (χ2v) is 14.3. The molecule has 0 radical (unpaired) electrons. The van der Waals surface area contributed by atoms with Crippen molar-refractivity contribution in [1.29, 1.82) is 0 Å². The fourth-order valence-corrected chi connectivity index (χ4v) is 8.83. The van der Waals surface area contributed by atoms with Crippen molar-refractivity contribution in [3.63, 3.8) is 0 Å². The van der Waals surface area contributed by atoms with Gasteiger partial charge in [-0.2, -0.15) is 5.10 Å². The summed E-state index contributed by atoms with van der Waals surface area (Å²) in [5.41, 5.74) is 5.70. The first-order chi connectivity index (χ1) is 24.0. The number of ether oxygens (including phenoxy) is 2. The van der Waals surface area contributed by atoms with Gasteiger partial charge in [0.05, 0.1) is 50.1 Å². The summed E-state index contributed by atoms with van der Waals surface area (Å²) in [6.07, 6.45) is 10.0. The lowest BCUT2D eigenvalue weighted by atomic mass is 9.53. The maximum absolute atomic E-state index is 14.5. The normalized spacial score (nSPS) is 22.3. The van der Waals surface area contributed by atoms with E-state index in [0.29, 0.717) is 52.9 Å². The summed E-state index contributed by atoms with van der Waals surface area (Å²) in [7, 11) is 3.04. The zero-order chi connectivity index (χ0) is 33.0. The molecule has 1 saturated heterocycles. The minimum Gasteiger partial charge on any atom is -0.494 e. The van der Waals surface area contributed by atoms with Gasteiger partial charge >= 0.3 is 0 Å². The van der Waals surface area contributed by atoms with Gasteiger partial charge in [-0.05, 0) is 73.6 Å². The average Bonchev–Trinajstić information content (AvgIpc) is 3.50. The first-order valence-electron chi connectivity index (χ1n) is 17.2. The van der Waals surface area contributed by atoms with Gasteiger partial charge < -0.3 is 23.5 Å². The third kappa shape index (κ3) is 4.43. The van der Waals surface area contributed by atoms with Gasteiger partial charge in [0.15, 0.2) is 11.6 Å². The highest BCUT2D eigenvalue weighted by atomic mass is 19.1. The molecule has 3 unspecified atom stereocenters. The summed E-state index contributed by atoms with van der Waals surface area (Å²) in [4.78, 5) is 25.5. The van der Waals surface area contributed by atoms with Crippen molar-refractivity contribution in [2.75, 3.05) is 20.8 Å². The number of pyridine rings is 1. The molecule has 5 heterocycles. The van der Waals surface area contributed by atoms with E-state index in [4.69, 9.17) is 14.5 Å². The first kappa shape index (κ1) is 28.8. The Bertz CT molecular complexity index is 2300. The van der Waals surface area contributed by atoms with Crippen molar-refractivity contribution in [3.05, 3.63) is 84.1 Å². The van der Waals surface area contributed by atoms with E-state index in [1.807, 2.05) is 18.3 Å². The number of hydrogen-bond donors (Lipinski definition) is 0. The smallest absolute Gasteiger partial charge is 0.254 e. The average molecular weight is 658 g/mol. The van der Waals surface area contributed by atoms with Crippen LogP contribution in [-0.2, 0) is 13.1 Å². The molecular formula is C38H36FN7O3. The van der Waals surface area contributed by atoms with Crippen LogP contribution in [0, 0.1) is 29.5 Å². The van der Waals surface area contributed by atoms with Gasteiger partial charge in [-0.25, -0.2) is 19.0 Å². The molecule has 11 heteroatoms. The molecule has 0 bridgehead atoms. The predicted molar refractivity (Wildman–Crippen MR) is 181 cm³/mol. The number of fused-ring (bicyclic) bond motifs is 2. The van der Waals surface area contributed by atoms with Gasteiger partial charge in [0.1, 0.15) is 11.3 Å². The highest BCUT2D eigenvalue weighted by molar-refractivity contribution is 6.00. The number of carbonyl (C=O) groups is 1. The molecule has 6 aromatic rings. The summed E-state index contributed by atoms with van der Waals surface area (Å²) >= 11 is 0. The maximum atomic E-state index is 14.5. The van der Waals surface area contributed by atoms with Gasteiger partial charge in [0.2, 0.25) is 5.88 Å². The van der Waals surface area contributed by atoms with Crippen molar-refractivity contribution >= 4 is 27.8 Å². The Balaban J connectivity index is 1.11. The van der Waals surface area contributed by atoms with Crippen LogP contribution in [-0.4, -0.2) is 66.5 Å². The number of aromatic nitrogens is 6. The molecule has 2 aromatic carbocycles. The number of benzene rings is 2. The van der Waals surface area contributed by atoms with Crippen LogP contribution < -0.4 is 9.47 Å². The van der Waals surface area contributed by atoms with Crippen LogP contribution in [0.4, 0.5) is 4.39 Å². The number of halogens is 1. The highest BCUT2D eigenvalue weighted by Gasteiger charge is 2.61. The lowest BCUT2D eigenvalue weighted by Crippen LogP contribution is -2.53. The van der Waals surface area contributed by atoms with Crippen molar-refractivity contribution in [1.82, 2.24) is 33.8 Å². The fraction of sp³-hybridized carbons (Fsp3) is 0.368. The molecule has 3 aliphatic carbocycles. The van der Waals surface area contributed by atoms with E-state index in [9.17, 15) is 9.18 Å². The second-order valence-electron chi connectivity index (χ2n) is 14.3. The molecule has 1 aliphatic heterocycles. The topological polar surface area (TPSA) is 92.2 Å². The van der Waals surface area contributed by atoms with E-state index in [1.165, 1.54) is 44.2 Å². The lowest BCUT2D eigenvalue weighted by molar-refractivity contribution is -0.0204. The number of hydrogen-bond acceptors (Lipinski definition) is 6. The fourth-order valence-electron chi connectivity index (χ4n) is 8.83. The monoisotopic (exact) mass is 657 g/mol. The molecule has 1 amide bonds. The predicted octanol–water partition coefficient (Wildman–Crippen LogP) is 6.33. The molecule has 4 aromatic heterocycles. The number of methoxy groups -OCH3 is 2. The Morgan fingerprint density at radius 2 is 1.88 bits per heavy atom. The zero-order valence-electron chi connectivity index (χ0n) is 27.4. The molecule has 3 saturated carbocycles. The number of para-hydroxylation sites is 1. The molecule has 49 heavy (non-hydrogen) atoms. The number of amides is 1. The van der Waals surface area contributed by atoms with E-state index in [2.05, 4.69) is 54.4 Å². The lowest BCUT2D eigenvalue weighted by Gasteiger charge is -2.52. The summed E-state index contributed by atoms with van der Waals surface area (Å²) < 4.78 is 31.8. The van der Waals surface area contributed by atoms with Crippen LogP contribution >= 0.6 is 0 Å². The van der Waals surface area contributed by atoms with Crippen molar-refractivity contribution < 1.29 is 18.7 Å². The van der Waals surface area contributed by atoms with Crippen LogP contribution in [0.25, 0.3) is 39.1 Å². The Labute approximate surface area is 282 Å². The summed E-state index contributed by atoms with van der Waals surface area (Å²) in [5, 5.41) is 5.70. The molecule has 10 rings (SSSR count). The van der Waals surface area contributed by atoms with E-state index in [-0.39, 0.29) is 11.8 Å². The van der Waals surface area contributed by atoms with Crippen LogP contribution in [0.3, 0.4) is 0 Å². The molecule has 248 valence electrons. The van der Waals surface area contributed by atoms with E-state index in [1.54, 1.807) is 18.0 Å². The number of likely N-dealkylation sites (tertiary alicyclic amines) is 1. The molecule has 0 N–H and O–H groups in total. The quantitative estimate of drug-likeness (QED) is 0.180. The Hall–Kier alpha value is -5.19. The minimum atomic E-state index is -0.558. The van der Waals surface area contributed by atoms with Gasteiger partial charge in [0, 0.05) is 53.4 Å². The second kappa shape index (κ2) is 10.7. The third-order valence-corrected chi connectivity index (χ3v) is 11.5. The zero-order valence-corrected chi connectivity index (χ0v) is 27.4. The Morgan fingerprint density at radius 1 is 1.00 bits per heavy atom. The van der Waals surface area contributed by atoms with Gasteiger partial charge in [0.25, 0.3) is 5.91 Å². The minimum absolute atomic E-state index is 0.0637. The first-order valence-corrected chi connectivity index (χ1v) is 17.2. The number of nitrogens with zero attached hydrogens (tertiary/aromatic N) is 7. The molecule has 4 fully saturated rings. The van der Waals surface area contributed by atoms with Gasteiger partial charge in [-0.3, -0.25) is 4.79 Å². The highest BCUT2D eigenvalue weighted by Crippen LogP contribution is 2.60. The third-order valence-electron chi connectivity index (χ3n) is 11.5. The van der Waals surface area contributed by atoms with E-state index in [0.717, 1.165) is 53.4 Å². The molecule has 10 nitrogen and oxygen atoms in total. The van der Waals surface area contributed by atoms with E-state index < -0.39 is 5.82 Å². The molecule has 4 atom stereocenters. The summed E-state index contributed by atoms with van der Waals surface area (Å²) in [6.45, 7) is 2.19. The van der Waals surface area contributed by atoms with Crippen LogP contribution in [0.1, 0.15) is 41.6 Å². The number of imidazole rings is 1. The standard InChI is InChI=1S/C38H36FN7O3/c1-48-33-13-25(38(47)44-20-26-9-24-12-31(44)34(24)26)10-29-35(33)45(18-22-15-41-46(19-22)27-14-28(39)37(49-2)40-16-27)36(42-29)32-11-23-5-3-4-6-30(23)43(32)17-21-7-8-21/h3-6,10-11,13-16,19,21,24,26,31,34H,7-9,12,17-18,20H2,1-2H3/t24?,26?,31?,34-/m1/s1. The molecule has 4 aliphatic rings. The SMILES string of the molecule is COc1ncc(-n2cc(Cn3c(-c4cc5ccccc5n4CC4CC4)nc4cc(C(=O)N5CC6CC7CC5[C@H]76)cc(OC)c43)cn2)cc1F. The van der Waals surface area contributed by atoms with Gasteiger partial charge in [-0.1, -0.05) is 18.2 Å². The van der Waals surface area contributed by atoms with Crippen LogP contribution in [0.15, 0.2) is 67.1 Å². The van der Waals surface area contributed by atoms with E-state index >= 15 is 0 Å². The number of carbonyl (C=O) groups excluding carboxylic acids is 1. The van der Waals surface area contributed by atoms with Crippen molar-refractivity contribution in [2.45, 2.75) is 44.8 Å². The summed E-state index contributed by atoms with van der Waals surface area (Å²) in [5.74, 6) is 3.65. The van der Waals surface area contributed by atoms with Crippen LogP contribution in [0.5, 0.6) is 11.6 Å². The summed E-state index contributed by atoms with van der Waals surface area (Å²) in [6, 6.07) is 16.2. The molecular weight excluding hydrogens is 621 g/mol. The Kier molecular flexibility index (Phi) is 6.26. The Morgan fingerprint density at radius 3 is 2.65 bits per heavy atom. The molecule has 0 spiro atoms. The van der Waals surface area contributed by atoms with Crippen molar-refractivity contribution in [3.8, 4) is 28.8 Å².